The topological polar surface area (TPSA) is 104 Å². The Kier molecular flexibility index (Phi) is 15.2. The van der Waals surface area contributed by atoms with E-state index in [1.807, 2.05) is 0 Å². The number of aliphatic hydroxyl groups is 2. The Labute approximate surface area is 111 Å². The molecule has 0 amide bonds. The van der Waals surface area contributed by atoms with Crippen molar-refractivity contribution in [3.8, 4) is 0 Å². The van der Waals surface area contributed by atoms with E-state index in [4.69, 9.17) is 24.6 Å². The number of hydrogen-bond acceptors (Lipinski definition) is 5. The van der Waals surface area contributed by atoms with E-state index in [-0.39, 0.29) is 13.2 Å². The molecule has 8 heteroatoms. The maximum absolute atomic E-state index is 8.48. The first-order valence-electron chi connectivity index (χ1n) is 5.50. The SMILES string of the molecule is C[N+](C)(C)CCO.C[N+](C)(C)CCO.O=[P+]([O-])[O-]. The van der Waals surface area contributed by atoms with Crippen molar-refractivity contribution in [3.05, 3.63) is 0 Å². The molecular formula is C10H28N2O5P+. The van der Waals surface area contributed by atoms with Crippen LogP contribution in [0.25, 0.3) is 0 Å². The molecule has 0 saturated carbocycles. The number of quaternary nitrogens is 2. The highest BCUT2D eigenvalue weighted by Crippen LogP contribution is 1.85. The third-order valence-electron chi connectivity index (χ3n) is 1.54. The molecule has 0 spiro atoms. The second-order valence-electron chi connectivity index (χ2n) is 5.70. The summed E-state index contributed by atoms with van der Waals surface area (Å²) in [4.78, 5) is 17.0. The molecule has 0 aliphatic carbocycles. The van der Waals surface area contributed by atoms with E-state index in [1.54, 1.807) is 0 Å². The predicted octanol–water partition coefficient (Wildman–Crippen LogP) is -2.27. The smallest absolute Gasteiger partial charge is 0.276 e. The van der Waals surface area contributed by atoms with Crippen LogP contribution in [0.3, 0.4) is 0 Å². The summed E-state index contributed by atoms with van der Waals surface area (Å²) in [6.45, 7) is 2.23. The molecule has 18 heavy (non-hydrogen) atoms. The fraction of sp³-hybridized carbons (Fsp3) is 1.00. The lowest BCUT2D eigenvalue weighted by Crippen LogP contribution is -2.36. The van der Waals surface area contributed by atoms with Crippen LogP contribution in [0.2, 0.25) is 0 Å². The normalized spacial score (nSPS) is 10.8. The highest BCUT2D eigenvalue weighted by molar-refractivity contribution is 7.27. The molecular weight excluding hydrogens is 259 g/mol. The minimum atomic E-state index is -3.37. The Balaban J connectivity index is -0.000000196. The Morgan fingerprint density at radius 2 is 1.00 bits per heavy atom. The van der Waals surface area contributed by atoms with Crippen LogP contribution in [-0.2, 0) is 4.57 Å². The Morgan fingerprint density at radius 1 is 0.833 bits per heavy atom. The van der Waals surface area contributed by atoms with Gasteiger partial charge in [-0.2, -0.15) is 0 Å². The van der Waals surface area contributed by atoms with Gasteiger partial charge in [-0.25, -0.2) is 0 Å². The van der Waals surface area contributed by atoms with Crippen molar-refractivity contribution in [3.63, 3.8) is 0 Å². The van der Waals surface area contributed by atoms with Crippen LogP contribution in [0, 0.1) is 0 Å². The van der Waals surface area contributed by atoms with E-state index in [2.05, 4.69) is 42.3 Å². The summed E-state index contributed by atoms with van der Waals surface area (Å²) in [6, 6.07) is 0. The number of rotatable bonds is 4. The van der Waals surface area contributed by atoms with Crippen LogP contribution in [0.15, 0.2) is 0 Å². The average molecular weight is 287 g/mol. The zero-order valence-corrected chi connectivity index (χ0v) is 13.2. The van der Waals surface area contributed by atoms with Gasteiger partial charge in [0.15, 0.2) is 0 Å². The van der Waals surface area contributed by atoms with Gasteiger partial charge in [-0.1, -0.05) is 4.57 Å². The molecule has 0 aromatic rings. The molecule has 0 rings (SSSR count). The Bertz CT molecular complexity index is 181. The minimum Gasteiger partial charge on any atom is -0.598 e. The first-order valence-corrected chi connectivity index (χ1v) is 6.59. The van der Waals surface area contributed by atoms with Crippen molar-refractivity contribution in [2.45, 2.75) is 0 Å². The average Bonchev–Trinajstić information content (AvgIpc) is 1.97. The van der Waals surface area contributed by atoms with E-state index in [1.165, 1.54) is 0 Å². The van der Waals surface area contributed by atoms with Crippen LogP contribution in [0.1, 0.15) is 0 Å². The fourth-order valence-corrected chi connectivity index (χ4v) is 0.600. The zero-order valence-electron chi connectivity index (χ0n) is 12.3. The third kappa shape index (κ3) is 56.7. The second kappa shape index (κ2) is 11.9. The fourth-order valence-electron chi connectivity index (χ4n) is 0.600. The maximum Gasteiger partial charge on any atom is 0.276 e. The molecule has 0 aromatic heterocycles. The van der Waals surface area contributed by atoms with Gasteiger partial charge in [0.25, 0.3) is 8.25 Å². The molecule has 0 bridgehead atoms. The quantitative estimate of drug-likeness (QED) is 0.448. The summed E-state index contributed by atoms with van der Waals surface area (Å²) in [7, 11) is 8.94. The van der Waals surface area contributed by atoms with Gasteiger partial charge in [0.2, 0.25) is 0 Å². The lowest BCUT2D eigenvalue weighted by atomic mass is 10.5. The molecule has 0 heterocycles. The van der Waals surface area contributed by atoms with Crippen molar-refractivity contribution < 1.29 is 33.5 Å². The van der Waals surface area contributed by atoms with Gasteiger partial charge in [-0.3, -0.25) is 0 Å². The molecule has 0 aliphatic heterocycles. The molecule has 7 nitrogen and oxygen atoms in total. The molecule has 2 N–H and O–H groups in total. The monoisotopic (exact) mass is 287 g/mol. The second-order valence-corrected chi connectivity index (χ2v) is 6.15. The van der Waals surface area contributed by atoms with Crippen molar-refractivity contribution >= 4 is 8.25 Å². The van der Waals surface area contributed by atoms with E-state index >= 15 is 0 Å². The van der Waals surface area contributed by atoms with E-state index in [0.717, 1.165) is 22.1 Å². The number of aliphatic hydroxyl groups excluding tert-OH is 2. The molecule has 0 radical (unpaired) electrons. The van der Waals surface area contributed by atoms with Gasteiger partial charge in [0, 0.05) is 0 Å². The van der Waals surface area contributed by atoms with E-state index in [9.17, 15) is 0 Å². The van der Waals surface area contributed by atoms with Gasteiger partial charge < -0.3 is 29.0 Å². The van der Waals surface area contributed by atoms with Crippen molar-refractivity contribution in [1.29, 1.82) is 0 Å². The lowest BCUT2D eigenvalue weighted by Gasteiger charge is -2.21. The van der Waals surface area contributed by atoms with Gasteiger partial charge >= 0.3 is 0 Å². The minimum absolute atomic E-state index is 0.281. The summed E-state index contributed by atoms with van der Waals surface area (Å²) in [5, 5.41) is 16.8. The summed E-state index contributed by atoms with van der Waals surface area (Å²) >= 11 is 0. The molecule has 0 atom stereocenters. The molecule has 0 aromatic carbocycles. The number of hydrogen-bond donors (Lipinski definition) is 2. The Morgan fingerprint density at radius 3 is 1.00 bits per heavy atom. The third-order valence-corrected chi connectivity index (χ3v) is 1.54. The van der Waals surface area contributed by atoms with Crippen LogP contribution < -0.4 is 9.79 Å². The molecule has 0 saturated heterocycles. The van der Waals surface area contributed by atoms with Gasteiger partial charge in [-0.05, 0) is 0 Å². The number of nitrogens with zero attached hydrogens (tertiary/aromatic N) is 2. The predicted molar refractivity (Wildman–Crippen MR) is 67.6 cm³/mol. The van der Waals surface area contributed by atoms with Crippen LogP contribution in [-0.4, -0.2) is 87.8 Å². The van der Waals surface area contributed by atoms with Crippen molar-refractivity contribution in [1.82, 2.24) is 0 Å². The highest BCUT2D eigenvalue weighted by Gasteiger charge is 2.02. The zero-order chi connectivity index (χ0) is 15.4. The first kappa shape index (κ1) is 23.0. The summed E-state index contributed by atoms with van der Waals surface area (Å²) in [6.07, 6.45) is 0. The number of likely N-dealkylation sites (N-methyl/N-ethyl adjacent to an activating group) is 2. The van der Waals surface area contributed by atoms with Crippen LogP contribution in [0.5, 0.6) is 0 Å². The lowest BCUT2D eigenvalue weighted by molar-refractivity contribution is -0.870. The van der Waals surface area contributed by atoms with Crippen LogP contribution in [0.4, 0.5) is 0 Å². The standard InChI is InChI=1S/2C5H14NO.HO3P/c2*1-6(2,3)4-5-7;1-4(2)3/h2*7H,4-5H2,1-3H3;(H,1,2,3)/q2*+1;/p-1. The summed E-state index contributed by atoms with van der Waals surface area (Å²) in [5.74, 6) is 0. The first-order chi connectivity index (χ1) is 7.85. The molecule has 0 fully saturated rings. The van der Waals surface area contributed by atoms with Crippen molar-refractivity contribution in [2.75, 3.05) is 68.6 Å². The molecule has 0 aliphatic rings. The molecule has 0 unspecified atom stereocenters. The van der Waals surface area contributed by atoms with Gasteiger partial charge in [-0.15, -0.1) is 0 Å². The van der Waals surface area contributed by atoms with Crippen LogP contribution >= 0.6 is 8.25 Å². The summed E-state index contributed by atoms with van der Waals surface area (Å²) in [5.41, 5.74) is 0. The van der Waals surface area contributed by atoms with Gasteiger partial charge in [0.1, 0.15) is 13.1 Å². The van der Waals surface area contributed by atoms with Gasteiger partial charge in [0.05, 0.1) is 55.5 Å². The largest absolute Gasteiger partial charge is 0.598 e. The van der Waals surface area contributed by atoms with E-state index < -0.39 is 8.25 Å². The highest BCUT2D eigenvalue weighted by atomic mass is 31.1. The maximum atomic E-state index is 8.48. The Hall–Kier alpha value is -0.140. The van der Waals surface area contributed by atoms with Crippen molar-refractivity contribution in [2.24, 2.45) is 0 Å². The molecule has 112 valence electrons. The summed E-state index contributed by atoms with van der Waals surface area (Å²) < 4.78 is 10.2. The van der Waals surface area contributed by atoms with E-state index in [0.29, 0.717) is 0 Å².